The van der Waals surface area contributed by atoms with E-state index >= 15 is 0 Å². The molecule has 3 atom stereocenters. The highest BCUT2D eigenvalue weighted by Crippen LogP contribution is 2.43. The third-order valence-corrected chi connectivity index (χ3v) is 8.20. The van der Waals surface area contributed by atoms with E-state index in [1.54, 1.807) is 18.2 Å². The molecule has 0 spiro atoms. The standard InChI is InChI=1S/C23H31NO2.C11H12Cl2N2O/c1-6-22(26-19(3)25)23(17-18(2)24(4)5,20-13-9-7-10-14-20)21-15-11-8-12-16-21;1-7(11-14-5-6-15-11)16-10-8(12)3-2-4-9(10)13/h7-16,18,22H,6,17H2,1-5H3;2-4,7H,5-6H2,1H3,(H,14,15)/t18-,22-;/m0./s1. The number of carbonyl (C=O) groups excluding carboxylic acids is 1. The van der Waals surface area contributed by atoms with Crippen LogP contribution in [0.5, 0.6) is 5.75 Å². The molecular formula is C34H43Cl2N3O3. The Balaban J connectivity index is 0.000000258. The van der Waals surface area contributed by atoms with Gasteiger partial charge >= 0.3 is 5.97 Å². The summed E-state index contributed by atoms with van der Waals surface area (Å²) in [7, 11) is 4.19. The molecule has 1 unspecified atom stereocenters. The number of amidine groups is 1. The van der Waals surface area contributed by atoms with Gasteiger partial charge in [-0.2, -0.15) is 0 Å². The Bertz CT molecular complexity index is 1240. The minimum atomic E-state index is -0.396. The maximum Gasteiger partial charge on any atom is 0.302 e. The van der Waals surface area contributed by atoms with Crippen LogP contribution in [0.3, 0.4) is 0 Å². The number of nitrogens with one attached hydrogen (secondary N) is 1. The number of aliphatic imine (C=N–C) groups is 1. The second kappa shape index (κ2) is 16.0. The van der Waals surface area contributed by atoms with Crippen molar-refractivity contribution in [1.29, 1.82) is 0 Å². The molecule has 1 heterocycles. The van der Waals surface area contributed by atoms with Crippen molar-refractivity contribution in [3.8, 4) is 5.75 Å². The van der Waals surface area contributed by atoms with Gasteiger partial charge in [-0.3, -0.25) is 9.79 Å². The summed E-state index contributed by atoms with van der Waals surface area (Å²) >= 11 is 12.0. The molecule has 1 aliphatic rings. The molecule has 1 N–H and O–H groups in total. The van der Waals surface area contributed by atoms with E-state index in [4.69, 9.17) is 32.7 Å². The largest absolute Gasteiger partial charge is 0.480 e. The molecular weight excluding hydrogens is 569 g/mol. The van der Waals surface area contributed by atoms with Crippen molar-refractivity contribution in [2.45, 2.75) is 64.2 Å². The van der Waals surface area contributed by atoms with Crippen LogP contribution in [0.4, 0.5) is 0 Å². The topological polar surface area (TPSA) is 63.2 Å². The first kappa shape index (κ1) is 33.4. The Morgan fingerprint density at radius 1 is 0.952 bits per heavy atom. The average molecular weight is 613 g/mol. The maximum atomic E-state index is 11.9. The molecule has 3 aromatic rings. The zero-order chi connectivity index (χ0) is 30.7. The van der Waals surface area contributed by atoms with Gasteiger partial charge in [-0.15, -0.1) is 0 Å². The van der Waals surface area contributed by atoms with Crippen molar-refractivity contribution >= 4 is 35.0 Å². The van der Waals surface area contributed by atoms with Gasteiger partial charge < -0.3 is 19.7 Å². The molecule has 0 amide bonds. The van der Waals surface area contributed by atoms with E-state index in [0.717, 1.165) is 31.8 Å². The maximum absolute atomic E-state index is 11.9. The second-order valence-electron chi connectivity index (χ2n) is 10.7. The molecule has 6 nitrogen and oxygen atoms in total. The molecule has 0 bridgehead atoms. The molecule has 0 saturated carbocycles. The molecule has 1 aliphatic heterocycles. The van der Waals surface area contributed by atoms with Gasteiger partial charge in [-0.25, -0.2) is 0 Å². The van der Waals surface area contributed by atoms with Crippen molar-refractivity contribution in [3.63, 3.8) is 0 Å². The van der Waals surface area contributed by atoms with Crippen LogP contribution in [0.1, 0.15) is 51.7 Å². The Kier molecular flexibility index (Phi) is 12.7. The summed E-state index contributed by atoms with van der Waals surface area (Å²) in [5, 5.41) is 4.18. The third kappa shape index (κ3) is 8.50. The van der Waals surface area contributed by atoms with Crippen molar-refractivity contribution < 1.29 is 14.3 Å². The van der Waals surface area contributed by atoms with E-state index in [2.05, 4.69) is 91.7 Å². The van der Waals surface area contributed by atoms with Crippen molar-refractivity contribution in [2.75, 3.05) is 27.2 Å². The van der Waals surface area contributed by atoms with Crippen molar-refractivity contribution in [2.24, 2.45) is 4.99 Å². The van der Waals surface area contributed by atoms with E-state index < -0.39 is 5.41 Å². The Morgan fingerprint density at radius 2 is 1.50 bits per heavy atom. The Hall–Kier alpha value is -3.06. The van der Waals surface area contributed by atoms with Crippen LogP contribution in [0, 0.1) is 0 Å². The van der Waals surface area contributed by atoms with Crippen molar-refractivity contribution in [3.05, 3.63) is 100 Å². The molecule has 3 aromatic carbocycles. The highest BCUT2D eigenvalue weighted by atomic mass is 35.5. The van der Waals surface area contributed by atoms with Gasteiger partial charge in [-0.05, 0) is 64.0 Å². The summed E-state index contributed by atoms with van der Waals surface area (Å²) in [5.74, 6) is 1.12. The van der Waals surface area contributed by atoms with Gasteiger partial charge in [0.1, 0.15) is 11.9 Å². The molecule has 226 valence electrons. The van der Waals surface area contributed by atoms with Gasteiger partial charge in [0, 0.05) is 19.5 Å². The molecule has 0 aromatic heterocycles. The first-order chi connectivity index (χ1) is 20.1. The van der Waals surface area contributed by atoms with Gasteiger partial charge in [0.15, 0.2) is 11.9 Å². The summed E-state index contributed by atoms with van der Waals surface area (Å²) in [4.78, 5) is 18.4. The van der Waals surface area contributed by atoms with Gasteiger partial charge in [0.25, 0.3) is 0 Å². The predicted molar refractivity (Wildman–Crippen MR) is 174 cm³/mol. The Labute approximate surface area is 261 Å². The van der Waals surface area contributed by atoms with E-state index in [-0.39, 0.29) is 18.2 Å². The minimum Gasteiger partial charge on any atom is -0.480 e. The van der Waals surface area contributed by atoms with Crippen molar-refractivity contribution in [1.82, 2.24) is 10.2 Å². The molecule has 0 saturated heterocycles. The number of hydrogen-bond acceptors (Lipinski definition) is 6. The number of benzene rings is 3. The van der Waals surface area contributed by atoms with Gasteiger partial charge in [0.05, 0.1) is 22.0 Å². The van der Waals surface area contributed by atoms with E-state index in [9.17, 15) is 4.79 Å². The second-order valence-corrected chi connectivity index (χ2v) is 11.5. The Morgan fingerprint density at radius 3 is 1.93 bits per heavy atom. The molecule has 42 heavy (non-hydrogen) atoms. The number of carbonyl (C=O) groups is 1. The zero-order valence-electron chi connectivity index (χ0n) is 25.4. The summed E-state index contributed by atoms with van der Waals surface area (Å²) < 4.78 is 11.6. The monoisotopic (exact) mass is 611 g/mol. The third-order valence-electron chi connectivity index (χ3n) is 7.60. The molecule has 8 heteroatoms. The molecule has 0 fully saturated rings. The lowest BCUT2D eigenvalue weighted by atomic mass is 9.66. The molecule has 0 aliphatic carbocycles. The fourth-order valence-electron chi connectivity index (χ4n) is 5.27. The highest BCUT2D eigenvalue weighted by molar-refractivity contribution is 6.37. The van der Waals surface area contributed by atoms with E-state index in [1.165, 1.54) is 18.1 Å². The predicted octanol–water partition coefficient (Wildman–Crippen LogP) is 7.42. The minimum absolute atomic E-state index is 0.167. The number of hydrogen-bond donors (Lipinski definition) is 1. The normalized spacial score (nSPS) is 15.0. The number of para-hydroxylation sites is 1. The smallest absolute Gasteiger partial charge is 0.302 e. The number of esters is 1. The number of halogens is 2. The fourth-order valence-corrected chi connectivity index (χ4v) is 5.76. The van der Waals surface area contributed by atoms with Crippen LogP contribution in [-0.2, 0) is 14.9 Å². The first-order valence-corrected chi connectivity index (χ1v) is 15.2. The molecule has 4 rings (SSSR count). The van der Waals surface area contributed by atoms with Crippen LogP contribution >= 0.6 is 23.2 Å². The summed E-state index contributed by atoms with van der Waals surface area (Å²) in [6.07, 6.45) is 1.22. The quantitative estimate of drug-likeness (QED) is 0.229. The number of rotatable bonds is 11. The summed E-state index contributed by atoms with van der Waals surface area (Å²) in [6, 6.07) is 26.5. The zero-order valence-corrected chi connectivity index (χ0v) is 27.0. The number of nitrogens with zero attached hydrogens (tertiary/aromatic N) is 2. The van der Waals surface area contributed by atoms with Crippen LogP contribution < -0.4 is 10.1 Å². The lowest BCUT2D eigenvalue weighted by molar-refractivity contribution is -0.150. The van der Waals surface area contributed by atoms with E-state index in [0.29, 0.717) is 21.8 Å². The summed E-state index contributed by atoms with van der Waals surface area (Å²) in [6.45, 7) is 9.38. The average Bonchev–Trinajstić information content (AvgIpc) is 3.53. The lowest BCUT2D eigenvalue weighted by Gasteiger charge is -2.43. The van der Waals surface area contributed by atoms with Crippen LogP contribution in [0.25, 0.3) is 0 Å². The summed E-state index contributed by atoms with van der Waals surface area (Å²) in [5.41, 5.74) is 1.98. The fraction of sp³-hybridized carbons (Fsp3) is 0.412. The SMILES string of the molecule is CC(Oc1c(Cl)cccc1Cl)C1=NCCN1.CC[C@H](OC(C)=O)C(C[C@H](C)N(C)C)(c1ccccc1)c1ccccc1. The van der Waals surface area contributed by atoms with Gasteiger partial charge in [0.2, 0.25) is 0 Å². The van der Waals surface area contributed by atoms with E-state index in [1.807, 2.05) is 19.1 Å². The highest BCUT2D eigenvalue weighted by Gasteiger charge is 2.44. The van der Waals surface area contributed by atoms with Crippen LogP contribution in [-0.4, -0.2) is 62.1 Å². The first-order valence-electron chi connectivity index (χ1n) is 14.4. The van der Waals surface area contributed by atoms with Gasteiger partial charge in [-0.1, -0.05) is 96.9 Å². The lowest BCUT2D eigenvalue weighted by Crippen LogP contribution is -2.47. The van der Waals surface area contributed by atoms with Crippen LogP contribution in [0.15, 0.2) is 83.9 Å². The molecule has 0 radical (unpaired) electrons. The van der Waals surface area contributed by atoms with Crippen LogP contribution in [0.2, 0.25) is 10.0 Å². The number of ether oxygens (including phenoxy) is 2.